The van der Waals surface area contributed by atoms with Gasteiger partial charge in [-0.25, -0.2) is 0 Å². The van der Waals surface area contributed by atoms with Crippen LogP contribution in [0.3, 0.4) is 0 Å². The highest BCUT2D eigenvalue weighted by atomic mass is 16.5. The van der Waals surface area contributed by atoms with Crippen LogP contribution in [0.1, 0.15) is 23.2 Å². The summed E-state index contributed by atoms with van der Waals surface area (Å²) in [5.74, 6) is 0.471. The van der Waals surface area contributed by atoms with E-state index in [1.807, 2.05) is 0 Å². The van der Waals surface area contributed by atoms with Crippen LogP contribution in [0.25, 0.3) is 0 Å². The summed E-state index contributed by atoms with van der Waals surface area (Å²) < 4.78 is 10.3. The lowest BCUT2D eigenvalue weighted by Crippen LogP contribution is -2.51. The van der Waals surface area contributed by atoms with Crippen LogP contribution in [0, 0.1) is 0 Å². The highest BCUT2D eigenvalue weighted by Gasteiger charge is 2.36. The molecule has 1 saturated heterocycles. The molecule has 0 aromatic carbocycles. The number of Topliss-reactive ketones (excluding diaryl/α,β-unsaturated/α-hetero) is 1. The Labute approximate surface area is 99.9 Å². The predicted molar refractivity (Wildman–Crippen MR) is 62.1 cm³/mol. The van der Waals surface area contributed by atoms with E-state index in [2.05, 4.69) is 4.98 Å². The third-order valence-corrected chi connectivity index (χ3v) is 3.05. The monoisotopic (exact) mass is 236 g/mol. The number of ketones is 1. The summed E-state index contributed by atoms with van der Waals surface area (Å²) >= 11 is 0. The van der Waals surface area contributed by atoms with E-state index in [1.165, 1.54) is 13.3 Å². The van der Waals surface area contributed by atoms with Crippen molar-refractivity contribution in [3.05, 3.63) is 24.0 Å². The number of pyridine rings is 1. The number of hydrogen-bond acceptors (Lipinski definition) is 5. The first kappa shape index (κ1) is 12.0. The molecule has 0 aliphatic carbocycles. The minimum Gasteiger partial charge on any atom is -0.495 e. The van der Waals surface area contributed by atoms with E-state index >= 15 is 0 Å². The SMILES string of the molecule is COc1cncc(C(=O)C2(N)CCOCC2)c1. The zero-order valence-electron chi connectivity index (χ0n) is 9.81. The van der Waals surface area contributed by atoms with Gasteiger partial charge in [0.1, 0.15) is 5.75 Å². The van der Waals surface area contributed by atoms with Gasteiger partial charge in [0.2, 0.25) is 0 Å². The van der Waals surface area contributed by atoms with Crippen molar-refractivity contribution in [2.24, 2.45) is 5.73 Å². The number of rotatable bonds is 3. The molecule has 0 radical (unpaired) electrons. The minimum atomic E-state index is -0.827. The van der Waals surface area contributed by atoms with Crippen molar-refractivity contribution in [3.63, 3.8) is 0 Å². The van der Waals surface area contributed by atoms with Gasteiger partial charge in [0.25, 0.3) is 0 Å². The molecule has 1 aliphatic rings. The van der Waals surface area contributed by atoms with Gasteiger partial charge in [0.15, 0.2) is 5.78 Å². The summed E-state index contributed by atoms with van der Waals surface area (Å²) in [6.07, 6.45) is 4.17. The molecule has 0 spiro atoms. The van der Waals surface area contributed by atoms with Gasteiger partial charge in [-0.3, -0.25) is 9.78 Å². The predicted octanol–water partition coefficient (Wildman–Crippen LogP) is 0.781. The van der Waals surface area contributed by atoms with Crippen LogP contribution in [0.5, 0.6) is 5.75 Å². The van der Waals surface area contributed by atoms with E-state index in [9.17, 15) is 4.79 Å². The largest absolute Gasteiger partial charge is 0.495 e. The average molecular weight is 236 g/mol. The van der Waals surface area contributed by atoms with E-state index in [0.29, 0.717) is 37.4 Å². The van der Waals surface area contributed by atoms with Crippen LogP contribution in [-0.4, -0.2) is 36.6 Å². The van der Waals surface area contributed by atoms with Crippen LogP contribution in [0.2, 0.25) is 0 Å². The van der Waals surface area contributed by atoms with Gasteiger partial charge in [-0.05, 0) is 18.9 Å². The summed E-state index contributed by atoms with van der Waals surface area (Å²) in [5, 5.41) is 0. The molecule has 1 fully saturated rings. The standard InChI is InChI=1S/C12H16N2O3/c1-16-10-6-9(7-14-8-10)11(15)12(13)2-4-17-5-3-12/h6-8H,2-5,13H2,1H3. The normalized spacial score (nSPS) is 18.7. The first-order valence-electron chi connectivity index (χ1n) is 5.56. The number of nitrogens with zero attached hydrogens (tertiary/aromatic N) is 1. The number of carbonyl (C=O) groups is 1. The molecule has 0 amide bonds. The van der Waals surface area contributed by atoms with Crippen LogP contribution >= 0.6 is 0 Å². The quantitative estimate of drug-likeness (QED) is 0.785. The van der Waals surface area contributed by atoms with Crippen LogP contribution < -0.4 is 10.5 Å². The molecule has 0 atom stereocenters. The Morgan fingerprint density at radius 1 is 1.47 bits per heavy atom. The van der Waals surface area contributed by atoms with Gasteiger partial charge >= 0.3 is 0 Å². The van der Waals surface area contributed by atoms with Crippen molar-refractivity contribution in [1.82, 2.24) is 4.98 Å². The van der Waals surface area contributed by atoms with Gasteiger partial charge in [0, 0.05) is 25.0 Å². The molecule has 92 valence electrons. The van der Waals surface area contributed by atoms with Crippen molar-refractivity contribution in [2.45, 2.75) is 18.4 Å². The fourth-order valence-corrected chi connectivity index (χ4v) is 1.90. The molecular formula is C12H16N2O3. The molecule has 17 heavy (non-hydrogen) atoms. The van der Waals surface area contributed by atoms with Gasteiger partial charge in [-0.1, -0.05) is 0 Å². The lowest BCUT2D eigenvalue weighted by atomic mass is 9.84. The molecule has 0 saturated carbocycles. The Hall–Kier alpha value is -1.46. The lowest BCUT2D eigenvalue weighted by Gasteiger charge is -2.31. The van der Waals surface area contributed by atoms with E-state index in [1.54, 1.807) is 12.3 Å². The molecule has 0 bridgehead atoms. The van der Waals surface area contributed by atoms with Crippen molar-refractivity contribution < 1.29 is 14.3 Å². The summed E-state index contributed by atoms with van der Waals surface area (Å²) in [6.45, 7) is 1.05. The van der Waals surface area contributed by atoms with Crippen molar-refractivity contribution in [1.29, 1.82) is 0 Å². The summed E-state index contributed by atoms with van der Waals surface area (Å²) in [5.41, 5.74) is 5.80. The highest BCUT2D eigenvalue weighted by Crippen LogP contribution is 2.23. The van der Waals surface area contributed by atoms with Crippen LogP contribution in [0.15, 0.2) is 18.5 Å². The Morgan fingerprint density at radius 3 is 2.82 bits per heavy atom. The number of nitrogens with two attached hydrogens (primary N) is 1. The molecule has 1 aromatic heterocycles. The van der Waals surface area contributed by atoms with Crippen LogP contribution in [0.4, 0.5) is 0 Å². The highest BCUT2D eigenvalue weighted by molar-refractivity contribution is 6.03. The third kappa shape index (κ3) is 2.45. The van der Waals surface area contributed by atoms with Crippen molar-refractivity contribution in [2.75, 3.05) is 20.3 Å². The maximum Gasteiger partial charge on any atom is 0.184 e. The van der Waals surface area contributed by atoms with Crippen molar-refractivity contribution >= 4 is 5.78 Å². The molecule has 5 heteroatoms. The van der Waals surface area contributed by atoms with E-state index in [-0.39, 0.29) is 5.78 Å². The maximum absolute atomic E-state index is 12.3. The Kier molecular flexibility index (Phi) is 3.40. The van der Waals surface area contributed by atoms with E-state index in [0.717, 1.165) is 0 Å². The number of carbonyl (C=O) groups excluding carboxylic acids is 1. The molecular weight excluding hydrogens is 220 g/mol. The Morgan fingerprint density at radius 2 is 2.18 bits per heavy atom. The zero-order valence-corrected chi connectivity index (χ0v) is 9.81. The Balaban J connectivity index is 2.23. The van der Waals surface area contributed by atoms with Gasteiger partial charge < -0.3 is 15.2 Å². The van der Waals surface area contributed by atoms with Gasteiger partial charge in [0.05, 0.1) is 18.8 Å². The van der Waals surface area contributed by atoms with E-state index in [4.69, 9.17) is 15.2 Å². The second-order valence-electron chi connectivity index (χ2n) is 4.21. The summed E-state index contributed by atoms with van der Waals surface area (Å²) in [4.78, 5) is 16.3. The lowest BCUT2D eigenvalue weighted by molar-refractivity contribution is 0.0447. The second-order valence-corrected chi connectivity index (χ2v) is 4.21. The summed E-state index contributed by atoms with van der Waals surface area (Å²) in [6, 6.07) is 1.67. The first-order valence-corrected chi connectivity index (χ1v) is 5.56. The molecule has 2 heterocycles. The van der Waals surface area contributed by atoms with Gasteiger partial charge in [-0.15, -0.1) is 0 Å². The topological polar surface area (TPSA) is 74.4 Å². The van der Waals surface area contributed by atoms with Crippen LogP contribution in [-0.2, 0) is 4.74 Å². The minimum absolute atomic E-state index is 0.0906. The molecule has 0 unspecified atom stereocenters. The first-order chi connectivity index (χ1) is 8.15. The fourth-order valence-electron chi connectivity index (χ4n) is 1.90. The third-order valence-electron chi connectivity index (χ3n) is 3.05. The number of methoxy groups -OCH3 is 1. The summed E-state index contributed by atoms with van der Waals surface area (Å²) in [7, 11) is 1.54. The van der Waals surface area contributed by atoms with E-state index < -0.39 is 5.54 Å². The number of ether oxygens (including phenoxy) is 2. The average Bonchev–Trinajstić information content (AvgIpc) is 2.39. The van der Waals surface area contributed by atoms with Gasteiger partial charge in [-0.2, -0.15) is 0 Å². The smallest absolute Gasteiger partial charge is 0.184 e. The Bertz CT molecular complexity index is 414. The second kappa shape index (κ2) is 4.81. The number of hydrogen-bond donors (Lipinski definition) is 1. The molecule has 1 aliphatic heterocycles. The maximum atomic E-state index is 12.3. The fraction of sp³-hybridized carbons (Fsp3) is 0.500. The molecule has 2 N–H and O–H groups in total. The number of aromatic nitrogens is 1. The van der Waals surface area contributed by atoms with Crippen molar-refractivity contribution in [3.8, 4) is 5.75 Å². The zero-order chi connectivity index (χ0) is 12.3. The molecule has 5 nitrogen and oxygen atoms in total. The molecule has 1 aromatic rings. The molecule has 2 rings (SSSR count).